The second-order valence-electron chi connectivity index (χ2n) is 5.67. The number of aromatic hydroxyl groups is 1. The fourth-order valence-corrected chi connectivity index (χ4v) is 3.61. The summed E-state index contributed by atoms with van der Waals surface area (Å²) in [7, 11) is 0. The summed E-state index contributed by atoms with van der Waals surface area (Å²) in [5.41, 5.74) is -1.68. The second kappa shape index (κ2) is 7.59. The molecule has 0 aliphatic carbocycles. The number of hydrogen-bond donors (Lipinski definition) is 1. The third-order valence-corrected chi connectivity index (χ3v) is 4.80. The van der Waals surface area contributed by atoms with Crippen LogP contribution in [0, 0.1) is 17.5 Å². The molecule has 1 heterocycles. The van der Waals surface area contributed by atoms with Crippen LogP contribution in [0.4, 0.5) is 13.2 Å². The lowest BCUT2D eigenvalue weighted by Gasteiger charge is -2.19. The van der Waals surface area contributed by atoms with Gasteiger partial charge in [-0.15, -0.1) is 11.8 Å². The summed E-state index contributed by atoms with van der Waals surface area (Å²) < 4.78 is 48.6. The third-order valence-electron chi connectivity index (χ3n) is 4.03. The van der Waals surface area contributed by atoms with Crippen molar-refractivity contribution >= 4 is 28.6 Å². The maximum Gasteiger partial charge on any atom is 0.344 e. The molecule has 2 aromatic carbocycles. The maximum atomic E-state index is 14.7. The van der Waals surface area contributed by atoms with Crippen molar-refractivity contribution in [2.45, 2.75) is 11.9 Å². The van der Waals surface area contributed by atoms with Crippen LogP contribution in [0.2, 0.25) is 0 Å². The van der Waals surface area contributed by atoms with Gasteiger partial charge in [-0.1, -0.05) is 0 Å². The number of thioether (sulfide) groups is 1. The highest BCUT2D eigenvalue weighted by Crippen LogP contribution is 2.32. The number of benzene rings is 2. The van der Waals surface area contributed by atoms with Crippen LogP contribution in [-0.2, 0) is 4.74 Å². The van der Waals surface area contributed by atoms with E-state index in [4.69, 9.17) is 4.74 Å². The van der Waals surface area contributed by atoms with Crippen LogP contribution in [-0.4, -0.2) is 28.5 Å². The fourth-order valence-electron chi connectivity index (χ4n) is 2.85. The van der Waals surface area contributed by atoms with Gasteiger partial charge in [0.05, 0.1) is 22.5 Å². The van der Waals surface area contributed by atoms with E-state index in [1.165, 1.54) is 30.5 Å². The SMILES string of the molecule is CCOC(=O)c1c(SC)n(-c2ccc(O)cc2)c2c(F)c(F)c(F)cc2c1=O. The molecule has 0 spiro atoms. The average molecular weight is 409 g/mol. The highest BCUT2D eigenvalue weighted by atomic mass is 32.2. The molecular formula is C19H14F3NO4S. The topological polar surface area (TPSA) is 68.5 Å². The molecule has 1 aromatic heterocycles. The Bertz CT molecular complexity index is 1140. The molecule has 0 saturated heterocycles. The molecular weight excluding hydrogens is 395 g/mol. The Kier molecular flexibility index (Phi) is 5.37. The number of phenolic OH excluding ortho intramolecular Hbond substituents is 1. The van der Waals surface area contributed by atoms with E-state index in [2.05, 4.69) is 0 Å². The Hall–Kier alpha value is -2.94. The molecule has 28 heavy (non-hydrogen) atoms. The Morgan fingerprint density at radius 1 is 1.18 bits per heavy atom. The van der Waals surface area contributed by atoms with Gasteiger partial charge in [-0.3, -0.25) is 4.79 Å². The largest absolute Gasteiger partial charge is 0.508 e. The zero-order valence-electron chi connectivity index (χ0n) is 14.8. The molecule has 0 unspecified atom stereocenters. The number of esters is 1. The van der Waals surface area contributed by atoms with Crippen LogP contribution in [0.1, 0.15) is 17.3 Å². The molecule has 3 rings (SSSR count). The predicted molar refractivity (Wildman–Crippen MR) is 98.8 cm³/mol. The molecule has 1 N–H and O–H groups in total. The molecule has 0 bridgehead atoms. The highest BCUT2D eigenvalue weighted by molar-refractivity contribution is 7.98. The quantitative estimate of drug-likeness (QED) is 0.401. The molecule has 0 fully saturated rings. The monoisotopic (exact) mass is 409 g/mol. The normalized spacial score (nSPS) is 11.0. The molecule has 0 amide bonds. The molecule has 5 nitrogen and oxygen atoms in total. The first-order chi connectivity index (χ1) is 13.3. The standard InChI is InChI=1S/C19H14F3NO4S/c1-3-27-19(26)13-17(25)11-8-12(20)14(21)15(22)16(11)23(18(13)28-2)9-4-6-10(24)7-5-9/h4-8,24H,3H2,1-2H3. The molecule has 9 heteroatoms. The van der Waals surface area contributed by atoms with E-state index in [1.807, 2.05) is 0 Å². The molecule has 0 atom stereocenters. The Labute approximate surface area is 161 Å². The number of rotatable bonds is 4. The summed E-state index contributed by atoms with van der Waals surface area (Å²) in [6.45, 7) is 1.53. The van der Waals surface area contributed by atoms with Crippen molar-refractivity contribution in [2.24, 2.45) is 0 Å². The second-order valence-corrected chi connectivity index (χ2v) is 6.46. The summed E-state index contributed by atoms with van der Waals surface area (Å²) in [6, 6.07) is 5.92. The zero-order chi connectivity index (χ0) is 20.6. The van der Waals surface area contributed by atoms with Crippen molar-refractivity contribution in [1.29, 1.82) is 0 Å². The van der Waals surface area contributed by atoms with E-state index < -0.39 is 45.3 Å². The van der Waals surface area contributed by atoms with Crippen LogP contribution in [0.15, 0.2) is 40.2 Å². The number of aromatic nitrogens is 1. The van der Waals surface area contributed by atoms with E-state index in [1.54, 1.807) is 6.92 Å². The first-order valence-corrected chi connectivity index (χ1v) is 9.31. The third kappa shape index (κ3) is 3.11. The van der Waals surface area contributed by atoms with Crippen molar-refractivity contribution < 1.29 is 27.8 Å². The maximum absolute atomic E-state index is 14.7. The van der Waals surface area contributed by atoms with Crippen LogP contribution in [0.3, 0.4) is 0 Å². The van der Waals surface area contributed by atoms with Crippen molar-refractivity contribution in [1.82, 2.24) is 4.57 Å². The number of pyridine rings is 1. The Balaban J connectivity index is 2.58. The first-order valence-electron chi connectivity index (χ1n) is 8.08. The van der Waals surface area contributed by atoms with Crippen molar-refractivity contribution in [3.63, 3.8) is 0 Å². The summed E-state index contributed by atoms with van der Waals surface area (Å²) in [6.07, 6.45) is 1.54. The lowest BCUT2D eigenvalue weighted by atomic mass is 10.1. The number of ether oxygens (including phenoxy) is 1. The van der Waals surface area contributed by atoms with Gasteiger partial charge in [0.2, 0.25) is 5.43 Å². The lowest BCUT2D eigenvalue weighted by Crippen LogP contribution is -2.24. The van der Waals surface area contributed by atoms with Crippen molar-refractivity contribution in [2.75, 3.05) is 12.9 Å². The van der Waals surface area contributed by atoms with Crippen LogP contribution in [0.25, 0.3) is 16.6 Å². The molecule has 0 aliphatic heterocycles. The number of hydrogen-bond acceptors (Lipinski definition) is 5. The summed E-state index contributed by atoms with van der Waals surface area (Å²) >= 11 is 0.940. The van der Waals surface area contributed by atoms with Gasteiger partial charge in [-0.05, 0) is 43.5 Å². The number of fused-ring (bicyclic) bond motifs is 1. The van der Waals surface area contributed by atoms with Gasteiger partial charge in [-0.25, -0.2) is 18.0 Å². The molecule has 146 valence electrons. The summed E-state index contributed by atoms with van der Waals surface area (Å²) in [5, 5.41) is 9.00. The van der Waals surface area contributed by atoms with Crippen LogP contribution >= 0.6 is 11.8 Å². The predicted octanol–water partition coefficient (Wildman–Crippen LogP) is 4.01. The number of nitrogens with zero attached hydrogens (tertiary/aromatic N) is 1. The van der Waals surface area contributed by atoms with Gasteiger partial charge >= 0.3 is 5.97 Å². The van der Waals surface area contributed by atoms with Gasteiger partial charge in [0.25, 0.3) is 0 Å². The number of carbonyl (C=O) groups excluding carboxylic acids is 1. The van der Waals surface area contributed by atoms with Crippen molar-refractivity contribution in [3.05, 3.63) is 63.6 Å². The van der Waals surface area contributed by atoms with Crippen molar-refractivity contribution in [3.8, 4) is 11.4 Å². The first kappa shape index (κ1) is 19.8. The minimum Gasteiger partial charge on any atom is -0.508 e. The minimum atomic E-state index is -1.74. The van der Waals surface area contributed by atoms with E-state index in [9.17, 15) is 27.9 Å². The van der Waals surface area contributed by atoms with Gasteiger partial charge in [0, 0.05) is 5.69 Å². The number of halogens is 3. The number of carbonyl (C=O) groups is 1. The minimum absolute atomic E-state index is 0.00783. The summed E-state index contributed by atoms with van der Waals surface area (Å²) in [4.78, 5) is 25.3. The van der Waals surface area contributed by atoms with E-state index in [0.717, 1.165) is 16.3 Å². The van der Waals surface area contributed by atoms with E-state index in [0.29, 0.717) is 6.07 Å². The Morgan fingerprint density at radius 2 is 1.82 bits per heavy atom. The zero-order valence-corrected chi connectivity index (χ0v) is 15.6. The van der Waals surface area contributed by atoms with Gasteiger partial charge < -0.3 is 14.4 Å². The highest BCUT2D eigenvalue weighted by Gasteiger charge is 2.28. The molecule has 0 aliphatic rings. The van der Waals surface area contributed by atoms with Crippen LogP contribution in [0.5, 0.6) is 5.75 Å². The molecule has 0 saturated carbocycles. The molecule has 0 radical (unpaired) electrons. The van der Waals surface area contributed by atoms with E-state index in [-0.39, 0.29) is 23.1 Å². The lowest BCUT2D eigenvalue weighted by molar-refractivity contribution is 0.0519. The van der Waals surface area contributed by atoms with Crippen LogP contribution < -0.4 is 5.43 Å². The summed E-state index contributed by atoms with van der Waals surface area (Å²) in [5.74, 6) is -5.90. The van der Waals surface area contributed by atoms with E-state index >= 15 is 0 Å². The smallest absolute Gasteiger partial charge is 0.344 e. The number of phenols is 1. The van der Waals surface area contributed by atoms with Gasteiger partial charge in [0.15, 0.2) is 17.5 Å². The Morgan fingerprint density at radius 3 is 2.39 bits per heavy atom. The van der Waals surface area contributed by atoms with Gasteiger partial charge in [0.1, 0.15) is 11.3 Å². The fraction of sp³-hybridized carbons (Fsp3) is 0.158. The molecule has 3 aromatic rings. The average Bonchev–Trinajstić information content (AvgIpc) is 2.67. The van der Waals surface area contributed by atoms with Gasteiger partial charge in [-0.2, -0.15) is 0 Å².